The van der Waals surface area contributed by atoms with Gasteiger partial charge in [0.25, 0.3) is 0 Å². The molecule has 0 aromatic heterocycles. The van der Waals surface area contributed by atoms with E-state index in [1.807, 2.05) is 36.4 Å². The molecule has 0 atom stereocenters. The van der Waals surface area contributed by atoms with E-state index < -0.39 is 12.6 Å². The van der Waals surface area contributed by atoms with Gasteiger partial charge in [-0.15, -0.1) is 0 Å². The molecular weight excluding hydrogens is 400 g/mol. The number of fused-ring (bicyclic) bond motifs is 1. The molecule has 132 valence electrons. The van der Waals surface area contributed by atoms with Crippen LogP contribution < -0.4 is 4.74 Å². The molecule has 0 bridgehead atoms. The second kappa shape index (κ2) is 7.58. The Bertz CT molecular complexity index is 997. The van der Waals surface area contributed by atoms with Crippen molar-refractivity contribution >= 4 is 39.0 Å². The number of hydrogen-bond donors (Lipinski definition) is 2. The molecule has 0 saturated heterocycles. The van der Waals surface area contributed by atoms with Crippen molar-refractivity contribution in [1.29, 1.82) is 0 Å². The highest BCUT2D eigenvalue weighted by atomic mass is 79.9. The molecule has 0 spiro atoms. The summed E-state index contributed by atoms with van der Waals surface area (Å²) in [4.78, 5) is 21.9. The van der Waals surface area contributed by atoms with E-state index in [2.05, 4.69) is 15.9 Å². The third kappa shape index (κ3) is 3.70. The van der Waals surface area contributed by atoms with Crippen molar-refractivity contribution in [2.45, 2.75) is 6.42 Å². The minimum atomic E-state index is -1.12. The van der Waals surface area contributed by atoms with Gasteiger partial charge in [0, 0.05) is 16.5 Å². The highest BCUT2D eigenvalue weighted by molar-refractivity contribution is 9.10. The summed E-state index contributed by atoms with van der Waals surface area (Å²) >= 11 is 3.51. The molecule has 0 aliphatic heterocycles. The third-order valence-electron chi connectivity index (χ3n) is 4.02. The average molecular weight is 415 g/mol. The molecule has 3 rings (SSSR count). The van der Waals surface area contributed by atoms with Crippen LogP contribution in [0.4, 0.5) is 0 Å². The molecule has 0 heterocycles. The Morgan fingerprint density at radius 1 is 1.15 bits per heavy atom. The van der Waals surface area contributed by atoms with Crippen LogP contribution in [-0.2, 0) is 11.2 Å². The summed E-state index contributed by atoms with van der Waals surface area (Å²) < 4.78 is 6.26. The Kier molecular flexibility index (Phi) is 5.23. The molecule has 0 aliphatic rings. The lowest BCUT2D eigenvalue weighted by Crippen LogP contribution is -2.11. The van der Waals surface area contributed by atoms with E-state index in [1.165, 1.54) is 12.1 Å². The van der Waals surface area contributed by atoms with Gasteiger partial charge in [-0.3, -0.25) is 4.79 Å². The molecule has 2 N–H and O–H groups in total. The standard InChI is InChI=1S/C20H15BrO5/c21-17-3-1-2-13-8-12(4-6-15(13)17)9-16-18(26-11-19(23)24)7-5-14(10-22)20(16)25/h1-8,10,25H,9,11H2,(H,23,24). The predicted molar refractivity (Wildman–Crippen MR) is 101 cm³/mol. The van der Waals surface area contributed by atoms with E-state index in [4.69, 9.17) is 9.84 Å². The molecule has 26 heavy (non-hydrogen) atoms. The van der Waals surface area contributed by atoms with Crippen molar-refractivity contribution in [3.05, 3.63) is 69.7 Å². The molecule has 0 radical (unpaired) electrons. The van der Waals surface area contributed by atoms with Crippen molar-refractivity contribution in [3.8, 4) is 11.5 Å². The summed E-state index contributed by atoms with van der Waals surface area (Å²) in [7, 11) is 0. The number of carbonyl (C=O) groups excluding carboxylic acids is 1. The number of carbonyl (C=O) groups is 2. The monoisotopic (exact) mass is 414 g/mol. The van der Waals surface area contributed by atoms with E-state index in [0.29, 0.717) is 18.3 Å². The largest absolute Gasteiger partial charge is 0.507 e. The van der Waals surface area contributed by atoms with Crippen molar-refractivity contribution in [1.82, 2.24) is 0 Å². The second-order valence-corrected chi connectivity index (χ2v) is 6.61. The highest BCUT2D eigenvalue weighted by Gasteiger charge is 2.15. The topological polar surface area (TPSA) is 83.8 Å². The van der Waals surface area contributed by atoms with Gasteiger partial charge in [0.15, 0.2) is 12.9 Å². The zero-order valence-corrected chi connectivity index (χ0v) is 15.2. The van der Waals surface area contributed by atoms with Crippen LogP contribution >= 0.6 is 15.9 Å². The van der Waals surface area contributed by atoms with Crippen molar-refractivity contribution < 1.29 is 24.5 Å². The Balaban J connectivity index is 2.02. The number of aldehydes is 1. The van der Waals surface area contributed by atoms with Crippen LogP contribution in [0, 0.1) is 0 Å². The van der Waals surface area contributed by atoms with Gasteiger partial charge in [-0.1, -0.05) is 46.3 Å². The fourth-order valence-electron chi connectivity index (χ4n) is 2.78. The van der Waals surface area contributed by atoms with Gasteiger partial charge in [0.05, 0.1) is 5.56 Å². The zero-order chi connectivity index (χ0) is 18.7. The minimum Gasteiger partial charge on any atom is -0.507 e. The molecule has 0 amide bonds. The number of ether oxygens (including phenoxy) is 1. The van der Waals surface area contributed by atoms with Gasteiger partial charge in [0.1, 0.15) is 11.5 Å². The molecule has 0 fully saturated rings. The van der Waals surface area contributed by atoms with Gasteiger partial charge in [-0.2, -0.15) is 0 Å². The summed E-state index contributed by atoms with van der Waals surface area (Å²) in [6, 6.07) is 14.6. The molecule has 0 aliphatic carbocycles. The molecule has 0 unspecified atom stereocenters. The number of benzene rings is 3. The number of aromatic hydroxyl groups is 1. The number of rotatable bonds is 6. The van der Waals surface area contributed by atoms with Gasteiger partial charge in [-0.05, 0) is 34.5 Å². The van der Waals surface area contributed by atoms with Gasteiger partial charge < -0.3 is 14.9 Å². The van der Waals surface area contributed by atoms with Gasteiger partial charge >= 0.3 is 5.97 Å². The first-order chi connectivity index (χ1) is 12.5. The second-order valence-electron chi connectivity index (χ2n) is 5.75. The Hall–Kier alpha value is -2.86. The molecule has 0 saturated carbocycles. The van der Waals surface area contributed by atoms with Crippen LogP contribution in [0.25, 0.3) is 10.8 Å². The van der Waals surface area contributed by atoms with E-state index in [-0.39, 0.29) is 17.1 Å². The summed E-state index contributed by atoms with van der Waals surface area (Å²) in [5, 5.41) is 21.3. The Morgan fingerprint density at radius 2 is 1.96 bits per heavy atom. The molecule has 6 heteroatoms. The normalized spacial score (nSPS) is 10.7. The SMILES string of the molecule is O=Cc1ccc(OCC(=O)O)c(Cc2ccc3c(Br)cccc3c2)c1O. The first-order valence-electron chi connectivity index (χ1n) is 7.81. The third-order valence-corrected chi connectivity index (χ3v) is 4.71. The molecule has 5 nitrogen and oxygen atoms in total. The fraction of sp³-hybridized carbons (Fsp3) is 0.100. The first-order valence-corrected chi connectivity index (χ1v) is 8.60. The van der Waals surface area contributed by atoms with E-state index in [1.54, 1.807) is 0 Å². The summed E-state index contributed by atoms with van der Waals surface area (Å²) in [6.45, 7) is -0.530. The first kappa shape index (κ1) is 17.9. The molecule has 3 aromatic rings. The van der Waals surface area contributed by atoms with Crippen LogP contribution in [0.1, 0.15) is 21.5 Å². The maximum absolute atomic E-state index is 11.1. The van der Waals surface area contributed by atoms with Crippen LogP contribution in [-0.4, -0.2) is 29.1 Å². The maximum Gasteiger partial charge on any atom is 0.341 e. The average Bonchev–Trinajstić information content (AvgIpc) is 2.62. The molecule has 3 aromatic carbocycles. The lowest BCUT2D eigenvalue weighted by atomic mass is 9.98. The van der Waals surface area contributed by atoms with Gasteiger partial charge in [-0.25, -0.2) is 4.79 Å². The number of hydrogen-bond acceptors (Lipinski definition) is 4. The van der Waals surface area contributed by atoms with Gasteiger partial charge in [0.2, 0.25) is 0 Å². The summed E-state index contributed by atoms with van der Waals surface area (Å²) in [5.74, 6) is -1.08. The Morgan fingerprint density at radius 3 is 2.69 bits per heavy atom. The van der Waals surface area contributed by atoms with Crippen molar-refractivity contribution in [2.75, 3.05) is 6.61 Å². The fourth-order valence-corrected chi connectivity index (χ4v) is 3.30. The van der Waals surface area contributed by atoms with E-state index in [0.717, 1.165) is 20.8 Å². The van der Waals surface area contributed by atoms with Crippen LogP contribution in [0.15, 0.2) is 53.0 Å². The predicted octanol–water partition coefficient (Wildman–Crippen LogP) is 4.17. The summed E-state index contributed by atoms with van der Waals surface area (Å²) in [6.07, 6.45) is 0.849. The van der Waals surface area contributed by atoms with Crippen LogP contribution in [0.3, 0.4) is 0 Å². The number of halogens is 1. The zero-order valence-electron chi connectivity index (χ0n) is 13.6. The van der Waals surface area contributed by atoms with E-state index in [9.17, 15) is 14.7 Å². The quantitative estimate of drug-likeness (QED) is 0.591. The lowest BCUT2D eigenvalue weighted by Gasteiger charge is -2.14. The van der Waals surface area contributed by atoms with Crippen molar-refractivity contribution in [3.63, 3.8) is 0 Å². The smallest absolute Gasteiger partial charge is 0.341 e. The number of carboxylic acid groups (broad SMARTS) is 1. The number of carboxylic acids is 1. The van der Waals surface area contributed by atoms with Crippen molar-refractivity contribution in [2.24, 2.45) is 0 Å². The Labute approximate surface area is 158 Å². The molecular formula is C20H15BrO5. The highest BCUT2D eigenvalue weighted by Crippen LogP contribution is 2.34. The number of phenolic OH excluding ortho intramolecular Hbond substituents is 1. The number of phenols is 1. The summed E-state index contributed by atoms with van der Waals surface area (Å²) in [5.41, 5.74) is 1.41. The lowest BCUT2D eigenvalue weighted by molar-refractivity contribution is -0.139. The number of aliphatic carboxylic acids is 1. The maximum atomic E-state index is 11.1. The minimum absolute atomic E-state index is 0.131. The van der Waals surface area contributed by atoms with Crippen LogP contribution in [0.5, 0.6) is 11.5 Å². The van der Waals surface area contributed by atoms with E-state index >= 15 is 0 Å². The van der Waals surface area contributed by atoms with Crippen LogP contribution in [0.2, 0.25) is 0 Å².